The van der Waals surface area contributed by atoms with E-state index in [4.69, 9.17) is 4.42 Å². The van der Waals surface area contributed by atoms with Crippen molar-refractivity contribution < 1.29 is 18.4 Å². The summed E-state index contributed by atoms with van der Waals surface area (Å²) in [6, 6.07) is 6.11. The van der Waals surface area contributed by atoms with Gasteiger partial charge in [0.05, 0.1) is 23.9 Å². The van der Waals surface area contributed by atoms with Crippen molar-refractivity contribution >= 4 is 34.0 Å². The van der Waals surface area contributed by atoms with Crippen molar-refractivity contribution in [3.8, 4) is 0 Å². The maximum atomic E-state index is 13.5. The molecule has 0 radical (unpaired) electrons. The Labute approximate surface area is 165 Å². The van der Waals surface area contributed by atoms with Crippen LogP contribution in [-0.4, -0.2) is 23.3 Å². The van der Waals surface area contributed by atoms with E-state index in [2.05, 4.69) is 10.3 Å². The molecular formula is C20H18FN3O3S. The summed E-state index contributed by atoms with van der Waals surface area (Å²) < 4.78 is 18.6. The molecule has 8 heteroatoms. The molecular weight excluding hydrogens is 381 g/mol. The van der Waals surface area contributed by atoms with Gasteiger partial charge in [0.1, 0.15) is 11.6 Å². The lowest BCUT2D eigenvalue weighted by atomic mass is 10.0. The van der Waals surface area contributed by atoms with E-state index >= 15 is 0 Å². The summed E-state index contributed by atoms with van der Waals surface area (Å²) in [6.07, 6.45) is 3.13. The summed E-state index contributed by atoms with van der Waals surface area (Å²) >= 11 is 1.26. The maximum absolute atomic E-state index is 13.5. The molecule has 1 aliphatic rings. The number of carbonyl (C=O) groups excluding carboxylic acids is 2. The van der Waals surface area contributed by atoms with Gasteiger partial charge in [0, 0.05) is 17.6 Å². The highest BCUT2D eigenvalue weighted by atomic mass is 32.1. The van der Waals surface area contributed by atoms with Crippen molar-refractivity contribution in [2.45, 2.75) is 26.2 Å². The van der Waals surface area contributed by atoms with Gasteiger partial charge in [-0.1, -0.05) is 0 Å². The van der Waals surface area contributed by atoms with Crippen molar-refractivity contribution in [1.29, 1.82) is 0 Å². The molecule has 0 aliphatic carbocycles. The van der Waals surface area contributed by atoms with Crippen molar-refractivity contribution in [3.05, 3.63) is 64.3 Å². The topological polar surface area (TPSA) is 75.4 Å². The number of hydrogen-bond acceptors (Lipinski definition) is 5. The van der Waals surface area contributed by atoms with E-state index in [0.717, 1.165) is 24.1 Å². The van der Waals surface area contributed by atoms with Crippen LogP contribution >= 0.6 is 11.3 Å². The van der Waals surface area contributed by atoms with Gasteiger partial charge in [-0.25, -0.2) is 9.37 Å². The van der Waals surface area contributed by atoms with Crippen LogP contribution in [0.5, 0.6) is 0 Å². The molecule has 0 unspecified atom stereocenters. The lowest BCUT2D eigenvalue weighted by Crippen LogP contribution is -2.36. The Morgan fingerprint density at radius 2 is 2.21 bits per heavy atom. The first kappa shape index (κ1) is 18.4. The van der Waals surface area contributed by atoms with Crippen LogP contribution in [0.3, 0.4) is 0 Å². The monoisotopic (exact) mass is 399 g/mol. The molecule has 3 heterocycles. The molecule has 144 valence electrons. The molecule has 0 atom stereocenters. The molecule has 2 aromatic heterocycles. The van der Waals surface area contributed by atoms with E-state index in [0.29, 0.717) is 28.7 Å². The Morgan fingerprint density at radius 3 is 3.00 bits per heavy atom. The Hall–Kier alpha value is -3.00. The number of nitrogens with zero attached hydrogens (tertiary/aromatic N) is 2. The number of benzene rings is 1. The Kier molecular flexibility index (Phi) is 4.95. The number of rotatable bonds is 4. The second kappa shape index (κ2) is 7.55. The van der Waals surface area contributed by atoms with Gasteiger partial charge in [-0.2, -0.15) is 0 Å². The average Bonchev–Trinajstić information content (AvgIpc) is 3.29. The molecule has 3 aromatic rings. The normalized spacial score (nSPS) is 13.3. The quantitative estimate of drug-likeness (QED) is 0.721. The number of anilines is 2. The smallest absolute Gasteiger partial charge is 0.260 e. The van der Waals surface area contributed by atoms with Crippen LogP contribution in [-0.2, 0) is 17.6 Å². The third kappa shape index (κ3) is 3.68. The summed E-state index contributed by atoms with van der Waals surface area (Å²) in [6.45, 7) is 2.31. The van der Waals surface area contributed by atoms with Gasteiger partial charge in [-0.3, -0.25) is 14.9 Å². The highest BCUT2D eigenvalue weighted by Crippen LogP contribution is 2.28. The predicted molar refractivity (Wildman–Crippen MR) is 104 cm³/mol. The van der Waals surface area contributed by atoms with Crippen LogP contribution in [0.1, 0.15) is 33.8 Å². The first-order valence-corrected chi connectivity index (χ1v) is 9.78. The van der Waals surface area contributed by atoms with Gasteiger partial charge in [-0.15, -0.1) is 11.3 Å². The number of fused-ring (bicyclic) bond motifs is 1. The van der Waals surface area contributed by atoms with Crippen LogP contribution in [0.2, 0.25) is 0 Å². The lowest BCUT2D eigenvalue weighted by Gasteiger charge is -2.29. The standard InChI is InChI=1S/C20H18FN3O3S/c1-12-16(6-8-27-12)19(26)23-20-22-15(11-28-20)10-18(25)24-7-2-3-13-9-14(21)4-5-17(13)24/h4-6,8-9,11H,2-3,7,10H2,1H3,(H,22,23,26). The van der Waals surface area contributed by atoms with E-state index in [9.17, 15) is 14.0 Å². The molecule has 0 saturated heterocycles. The molecule has 0 saturated carbocycles. The highest BCUT2D eigenvalue weighted by molar-refractivity contribution is 7.14. The summed E-state index contributed by atoms with van der Waals surface area (Å²) in [5.41, 5.74) is 2.64. The second-order valence-electron chi connectivity index (χ2n) is 6.59. The Balaban J connectivity index is 1.44. The first-order chi connectivity index (χ1) is 13.5. The number of aryl methyl sites for hydroxylation is 2. The molecule has 28 heavy (non-hydrogen) atoms. The summed E-state index contributed by atoms with van der Waals surface area (Å²) in [4.78, 5) is 31.0. The average molecular weight is 399 g/mol. The van der Waals surface area contributed by atoms with E-state index in [1.165, 1.54) is 29.7 Å². The van der Waals surface area contributed by atoms with Crippen LogP contribution < -0.4 is 10.2 Å². The van der Waals surface area contributed by atoms with Gasteiger partial charge >= 0.3 is 0 Å². The zero-order chi connectivity index (χ0) is 19.7. The largest absolute Gasteiger partial charge is 0.469 e. The number of hydrogen-bond donors (Lipinski definition) is 1. The SMILES string of the molecule is Cc1occc1C(=O)Nc1nc(CC(=O)N2CCCc3cc(F)ccc32)cs1. The van der Waals surface area contributed by atoms with Crippen LogP contribution in [0.25, 0.3) is 0 Å². The van der Waals surface area contributed by atoms with Gasteiger partial charge in [-0.05, 0) is 49.6 Å². The van der Waals surface area contributed by atoms with Crippen molar-refractivity contribution in [2.75, 3.05) is 16.8 Å². The highest BCUT2D eigenvalue weighted by Gasteiger charge is 2.24. The summed E-state index contributed by atoms with van der Waals surface area (Å²) in [7, 11) is 0. The van der Waals surface area contributed by atoms with E-state index in [1.54, 1.807) is 29.3 Å². The zero-order valence-corrected chi connectivity index (χ0v) is 16.0. The fourth-order valence-corrected chi connectivity index (χ4v) is 4.01. The van der Waals surface area contributed by atoms with Crippen molar-refractivity contribution in [1.82, 2.24) is 4.98 Å². The summed E-state index contributed by atoms with van der Waals surface area (Å²) in [5.74, 6) is -0.155. The number of nitrogens with one attached hydrogen (secondary N) is 1. The number of aromatic nitrogens is 1. The molecule has 6 nitrogen and oxygen atoms in total. The third-order valence-corrected chi connectivity index (χ3v) is 5.48. The van der Waals surface area contributed by atoms with Gasteiger partial charge < -0.3 is 9.32 Å². The predicted octanol–water partition coefficient (Wildman–Crippen LogP) is 3.96. The molecule has 2 amide bonds. The molecule has 1 aromatic carbocycles. The fraction of sp³-hybridized carbons (Fsp3) is 0.250. The van der Waals surface area contributed by atoms with Crippen LogP contribution in [0, 0.1) is 12.7 Å². The number of thiazole rings is 1. The first-order valence-electron chi connectivity index (χ1n) is 8.90. The minimum atomic E-state index is -0.300. The van der Waals surface area contributed by atoms with Gasteiger partial charge in [0.15, 0.2) is 5.13 Å². The Morgan fingerprint density at radius 1 is 1.36 bits per heavy atom. The molecule has 1 aliphatic heterocycles. The Bertz CT molecular complexity index is 1040. The number of furan rings is 1. The van der Waals surface area contributed by atoms with E-state index in [1.807, 2.05) is 0 Å². The van der Waals surface area contributed by atoms with Crippen molar-refractivity contribution in [2.24, 2.45) is 0 Å². The number of halogens is 1. The molecule has 0 spiro atoms. The van der Waals surface area contributed by atoms with Gasteiger partial charge in [0.2, 0.25) is 5.91 Å². The van der Waals surface area contributed by atoms with Gasteiger partial charge in [0.25, 0.3) is 5.91 Å². The molecule has 0 bridgehead atoms. The molecule has 0 fully saturated rings. The van der Waals surface area contributed by atoms with E-state index in [-0.39, 0.29) is 24.1 Å². The minimum Gasteiger partial charge on any atom is -0.469 e. The molecule has 4 rings (SSSR count). The summed E-state index contributed by atoms with van der Waals surface area (Å²) in [5, 5.41) is 4.90. The second-order valence-corrected chi connectivity index (χ2v) is 7.45. The number of carbonyl (C=O) groups is 2. The number of amides is 2. The minimum absolute atomic E-state index is 0.0959. The fourth-order valence-electron chi connectivity index (χ4n) is 3.31. The van der Waals surface area contributed by atoms with E-state index < -0.39 is 0 Å². The zero-order valence-electron chi connectivity index (χ0n) is 15.2. The van der Waals surface area contributed by atoms with Crippen LogP contribution in [0.4, 0.5) is 15.2 Å². The maximum Gasteiger partial charge on any atom is 0.260 e. The molecule has 1 N–H and O–H groups in total. The third-order valence-electron chi connectivity index (χ3n) is 4.67. The van der Waals surface area contributed by atoms with Crippen LogP contribution in [0.15, 0.2) is 40.3 Å². The lowest BCUT2D eigenvalue weighted by molar-refractivity contribution is -0.118. The van der Waals surface area contributed by atoms with Crippen molar-refractivity contribution in [3.63, 3.8) is 0 Å².